The Morgan fingerprint density at radius 2 is 0.500 bits per heavy atom. The fourth-order valence-electron chi connectivity index (χ4n) is 15.1. The number of hydrogen-bond donors (Lipinski definition) is 0. The molecule has 6 heterocycles. The SMILES string of the molecule is c1ccc(-c2cccc(-c3nc(-c4ccc(-c5cc6c(-c7ccccc7)nc7ccccc7c6c6nsnc56)cc4)nc(-c4cccc(-c5ccccc5)c4)n3)c2)cc1.c1ccc(-c2cccc(-c3nc(-c4ccccc4)nc(-c4ccc(-c5cc6c(-c7ccccc7)nc7ccccc7c6c6c5=NCN=6)cc4)n3)c2)cc1. The second-order valence-electron chi connectivity index (χ2n) is 27.5. The van der Waals surface area contributed by atoms with E-state index in [4.69, 9.17) is 58.6 Å². The molecular weight excluding hydrogens is 1390 g/mol. The largest absolute Gasteiger partial charge is 0.259 e. The van der Waals surface area contributed by atoms with Crippen molar-refractivity contribution in [1.29, 1.82) is 0 Å². The zero-order valence-electron chi connectivity index (χ0n) is 60.1. The average Bonchev–Trinajstić information content (AvgIpc) is 1.34. The van der Waals surface area contributed by atoms with Gasteiger partial charge in [0.15, 0.2) is 34.9 Å². The molecule has 0 bridgehead atoms. The first-order valence-electron chi connectivity index (χ1n) is 37.1. The molecule has 0 amide bonds. The summed E-state index contributed by atoms with van der Waals surface area (Å²) in [4.78, 5) is 50.6. The Morgan fingerprint density at radius 1 is 0.196 bits per heavy atom. The van der Waals surface area contributed by atoms with Gasteiger partial charge < -0.3 is 0 Å². The first-order valence-corrected chi connectivity index (χ1v) is 37.8. The van der Waals surface area contributed by atoms with Crippen molar-refractivity contribution in [2.45, 2.75) is 0 Å². The molecule has 1 aliphatic rings. The molecule has 0 spiro atoms. The molecule has 0 saturated carbocycles. The Labute approximate surface area is 648 Å². The third-order valence-corrected chi connectivity index (χ3v) is 21.1. The summed E-state index contributed by atoms with van der Waals surface area (Å²) in [6, 6.07) is 125. The van der Waals surface area contributed by atoms with Gasteiger partial charge in [-0.1, -0.05) is 322 Å². The number of para-hydroxylation sites is 2. The molecular formula is C99H62N12S. The molecule has 12 nitrogen and oxygen atoms in total. The predicted octanol–water partition coefficient (Wildman–Crippen LogP) is 23.0. The Kier molecular flexibility index (Phi) is 17.2. The summed E-state index contributed by atoms with van der Waals surface area (Å²) in [7, 11) is 0. The third kappa shape index (κ3) is 12.7. The molecule has 0 radical (unpaired) electrons. The molecule has 0 fully saturated rings. The standard InChI is InChI=1S/C52H32N6S.C47H30N6/c1-4-14-33(15-5-1)38-20-12-22-40(30-38)51-54-50(55-52(56-51)41-23-13-21-39(31-41)34-16-6-2-7-17-34)37-28-26-35(27-29-37)43-32-44-46(49-48(43)57-59-58-49)42-24-10-11-25-45(42)53-47(44)36-18-8-3-9-19-36;1-4-13-30(14-5-1)35-19-12-20-36(27-35)47-52-45(33-17-8-3-9-18-33)51-46(53-47)34-25-23-31(24-26-34)38-28-39-41(44-43(38)48-29-49-44)37-21-10-11-22-40(37)50-42(39)32-15-6-2-7-16-32/h1-32H;1-28H,29H2. The number of pyridine rings is 2. The van der Waals surface area contributed by atoms with Crippen molar-refractivity contribution in [3.63, 3.8) is 0 Å². The van der Waals surface area contributed by atoms with Crippen LogP contribution >= 0.6 is 11.7 Å². The van der Waals surface area contributed by atoms with Gasteiger partial charge in [0.05, 0.1) is 44.9 Å². The lowest BCUT2D eigenvalue weighted by molar-refractivity contribution is 1.06. The molecule has 0 N–H and O–H groups in total. The molecule has 13 heteroatoms. The van der Waals surface area contributed by atoms with E-state index in [1.54, 1.807) is 0 Å². The minimum atomic E-state index is 0.401. The summed E-state index contributed by atoms with van der Waals surface area (Å²) in [5, 5.41) is 8.22. The highest BCUT2D eigenvalue weighted by Crippen LogP contribution is 2.43. The molecule has 15 aromatic carbocycles. The third-order valence-electron chi connectivity index (χ3n) is 20.6. The molecule has 524 valence electrons. The van der Waals surface area contributed by atoms with Crippen molar-refractivity contribution in [1.82, 2.24) is 48.6 Å². The maximum atomic E-state index is 5.20. The lowest BCUT2D eigenvalue weighted by Gasteiger charge is -2.13. The van der Waals surface area contributed by atoms with E-state index in [-0.39, 0.29) is 0 Å². The van der Waals surface area contributed by atoms with E-state index >= 15 is 0 Å². The number of aromatic nitrogens is 10. The normalized spacial score (nSPS) is 11.7. The van der Waals surface area contributed by atoms with Crippen molar-refractivity contribution in [3.8, 4) is 146 Å². The second kappa shape index (κ2) is 29.0. The smallest absolute Gasteiger partial charge is 0.164 e. The van der Waals surface area contributed by atoms with E-state index in [1.807, 2.05) is 72.8 Å². The summed E-state index contributed by atoms with van der Waals surface area (Å²) < 4.78 is 9.75. The summed E-state index contributed by atoms with van der Waals surface area (Å²) in [6.45, 7) is 0.401. The first-order chi connectivity index (χ1) is 55.5. The van der Waals surface area contributed by atoms with Crippen molar-refractivity contribution in [3.05, 3.63) is 375 Å². The van der Waals surface area contributed by atoms with Crippen LogP contribution in [0.25, 0.3) is 201 Å². The van der Waals surface area contributed by atoms with Crippen LogP contribution in [0.2, 0.25) is 0 Å². The van der Waals surface area contributed by atoms with Crippen molar-refractivity contribution in [2.75, 3.05) is 6.67 Å². The van der Waals surface area contributed by atoms with Crippen LogP contribution in [-0.4, -0.2) is 55.3 Å². The number of fused-ring (bicyclic) bond motifs is 10. The van der Waals surface area contributed by atoms with E-state index in [2.05, 4.69) is 291 Å². The number of hydrogen-bond acceptors (Lipinski definition) is 13. The molecule has 21 rings (SSSR count). The van der Waals surface area contributed by atoms with Crippen molar-refractivity contribution in [2.24, 2.45) is 9.98 Å². The maximum absolute atomic E-state index is 5.20. The van der Waals surface area contributed by atoms with Gasteiger partial charge in [-0.2, -0.15) is 8.75 Å². The van der Waals surface area contributed by atoms with Gasteiger partial charge >= 0.3 is 0 Å². The van der Waals surface area contributed by atoms with Gasteiger partial charge in [0, 0.05) is 88.0 Å². The van der Waals surface area contributed by atoms with Crippen LogP contribution in [0.15, 0.2) is 374 Å². The molecule has 1 aliphatic heterocycles. The number of nitrogens with zero attached hydrogens (tertiary/aromatic N) is 12. The van der Waals surface area contributed by atoms with Crippen LogP contribution in [0.1, 0.15) is 0 Å². The van der Waals surface area contributed by atoms with Gasteiger partial charge in [-0.05, 0) is 87.0 Å². The molecule has 0 atom stereocenters. The first kappa shape index (κ1) is 66.5. The summed E-state index contributed by atoms with van der Waals surface area (Å²) in [5.41, 5.74) is 23.8. The molecule has 0 unspecified atom stereocenters. The van der Waals surface area contributed by atoms with Gasteiger partial charge in [0.1, 0.15) is 17.7 Å². The monoisotopic (exact) mass is 1450 g/mol. The van der Waals surface area contributed by atoms with Crippen LogP contribution < -0.4 is 10.7 Å². The lowest BCUT2D eigenvalue weighted by atomic mass is 9.93. The van der Waals surface area contributed by atoms with Gasteiger partial charge in [0.2, 0.25) is 0 Å². The molecule has 5 aromatic heterocycles. The number of rotatable bonds is 13. The van der Waals surface area contributed by atoms with E-state index in [0.29, 0.717) is 41.6 Å². The van der Waals surface area contributed by atoms with Gasteiger partial charge in [0.25, 0.3) is 0 Å². The Bertz CT molecular complexity index is 7020. The van der Waals surface area contributed by atoms with E-state index in [0.717, 1.165) is 177 Å². The highest BCUT2D eigenvalue weighted by molar-refractivity contribution is 7.00. The zero-order valence-corrected chi connectivity index (χ0v) is 60.9. The van der Waals surface area contributed by atoms with Gasteiger partial charge in [-0.3, -0.25) is 9.98 Å². The highest BCUT2D eigenvalue weighted by atomic mass is 32.1. The van der Waals surface area contributed by atoms with Crippen LogP contribution in [-0.2, 0) is 0 Å². The predicted molar refractivity (Wildman–Crippen MR) is 454 cm³/mol. The topological polar surface area (TPSA) is 154 Å². The van der Waals surface area contributed by atoms with Crippen molar-refractivity contribution >= 4 is 66.1 Å². The summed E-state index contributed by atoms with van der Waals surface area (Å²) in [6.07, 6.45) is 0. The Hall–Kier alpha value is -14.9. The van der Waals surface area contributed by atoms with E-state index in [1.165, 1.54) is 11.7 Å². The Morgan fingerprint density at radius 3 is 0.938 bits per heavy atom. The van der Waals surface area contributed by atoms with Crippen molar-refractivity contribution < 1.29 is 0 Å². The Balaban J connectivity index is 0.000000147. The zero-order chi connectivity index (χ0) is 74.3. The molecule has 112 heavy (non-hydrogen) atoms. The van der Waals surface area contributed by atoms with E-state index in [9.17, 15) is 0 Å². The summed E-state index contributed by atoms with van der Waals surface area (Å²) >= 11 is 1.24. The van der Waals surface area contributed by atoms with Gasteiger partial charge in [-0.15, -0.1) is 0 Å². The minimum Gasteiger partial charge on any atom is -0.259 e. The van der Waals surface area contributed by atoms with Crippen LogP contribution in [0, 0.1) is 0 Å². The maximum Gasteiger partial charge on any atom is 0.164 e. The van der Waals surface area contributed by atoms with E-state index < -0.39 is 0 Å². The summed E-state index contributed by atoms with van der Waals surface area (Å²) in [5.74, 6) is 3.66. The fourth-order valence-corrected chi connectivity index (χ4v) is 15.7. The number of benzene rings is 15. The highest BCUT2D eigenvalue weighted by Gasteiger charge is 2.23. The minimum absolute atomic E-state index is 0.401. The lowest BCUT2D eigenvalue weighted by Crippen LogP contribution is -2.25. The molecule has 20 aromatic rings. The molecule has 0 aliphatic carbocycles. The molecule has 0 saturated heterocycles. The van der Waals surface area contributed by atoms with Crippen LogP contribution in [0.5, 0.6) is 0 Å². The van der Waals surface area contributed by atoms with Gasteiger partial charge in [-0.25, -0.2) is 39.9 Å². The van der Waals surface area contributed by atoms with Crippen LogP contribution in [0.4, 0.5) is 0 Å². The second-order valence-corrected chi connectivity index (χ2v) is 28.0. The fraction of sp³-hybridized carbons (Fsp3) is 0.0101. The van der Waals surface area contributed by atoms with Crippen LogP contribution in [0.3, 0.4) is 0 Å². The average molecular weight is 1450 g/mol. The quantitative estimate of drug-likeness (QED) is 0.102.